The molecule has 0 spiro atoms. The highest BCUT2D eigenvalue weighted by Gasteiger charge is 2.41. The Morgan fingerprint density at radius 1 is 1.19 bits per heavy atom. The fraction of sp³-hybridized carbons (Fsp3) is 0.640. The second-order valence-electron chi connectivity index (χ2n) is 10.8. The van der Waals surface area contributed by atoms with Gasteiger partial charge in [0, 0.05) is 11.7 Å². The number of imidazole rings is 1. The third-order valence-corrected chi connectivity index (χ3v) is 12.4. The van der Waals surface area contributed by atoms with E-state index in [-0.39, 0.29) is 17.2 Å². The molecule has 0 amide bonds. The molecule has 1 aromatic carbocycles. The van der Waals surface area contributed by atoms with E-state index in [0.29, 0.717) is 18.4 Å². The first kappa shape index (κ1) is 22.6. The lowest BCUT2D eigenvalue weighted by atomic mass is 9.81. The van der Waals surface area contributed by atoms with Crippen LogP contribution in [0.5, 0.6) is 5.75 Å². The van der Waals surface area contributed by atoms with Gasteiger partial charge in [-0.1, -0.05) is 32.9 Å². The summed E-state index contributed by atoms with van der Waals surface area (Å²) in [5.74, 6) is 1.21. The topological polar surface area (TPSA) is 56.5 Å². The Bertz CT molecular complexity index is 910. The fourth-order valence-electron chi connectivity index (χ4n) is 5.01. The van der Waals surface area contributed by atoms with Crippen molar-refractivity contribution in [1.29, 1.82) is 0 Å². The van der Waals surface area contributed by atoms with E-state index in [1.165, 1.54) is 5.56 Å². The summed E-state index contributed by atoms with van der Waals surface area (Å²) in [6, 6.07) is 6.31. The number of methoxy groups -OCH3 is 1. The smallest absolute Gasteiger partial charge is 0.192 e. The highest BCUT2D eigenvalue weighted by Crippen LogP contribution is 2.47. The molecule has 1 fully saturated rings. The molecule has 4 rings (SSSR count). The van der Waals surface area contributed by atoms with E-state index < -0.39 is 8.32 Å². The van der Waals surface area contributed by atoms with Gasteiger partial charge < -0.3 is 18.8 Å². The van der Waals surface area contributed by atoms with Crippen molar-refractivity contribution in [2.45, 2.75) is 89.3 Å². The quantitative estimate of drug-likeness (QED) is 0.575. The molecule has 2 heterocycles. The predicted octanol–water partition coefficient (Wildman–Crippen LogP) is 5.79. The zero-order chi connectivity index (χ0) is 22.4. The Morgan fingerprint density at radius 2 is 1.90 bits per heavy atom. The minimum atomic E-state index is -1.74. The van der Waals surface area contributed by atoms with Crippen LogP contribution in [0.2, 0.25) is 18.1 Å². The molecule has 1 N–H and O–H groups in total. The number of rotatable bonds is 6. The number of aromatic nitrogens is 2. The number of nitrogens with zero attached hydrogens (tertiary/aromatic N) is 2. The van der Waals surface area contributed by atoms with Crippen molar-refractivity contribution in [3.8, 4) is 17.0 Å². The SMILES string of the molecule is COc1cccc2c1-c1cncn1C2CC(O)C1CCC(O[Si](C)(C)C(C)(C)C)CC1. The standard InChI is InChI=1S/C25H38N2O3Si/c1-25(2,3)31(5,6)30-18-12-10-17(11-13-18)22(28)14-20-19-8-7-9-23(29-4)24(19)21-15-26-16-27(20)21/h7-9,15-18,20,22,28H,10-14H2,1-6H3. The average molecular weight is 443 g/mol. The van der Waals surface area contributed by atoms with Crippen molar-refractivity contribution in [3.05, 3.63) is 36.3 Å². The molecule has 2 aliphatic rings. The number of hydrogen-bond donors (Lipinski definition) is 1. The van der Waals surface area contributed by atoms with Gasteiger partial charge in [-0.15, -0.1) is 0 Å². The molecular weight excluding hydrogens is 404 g/mol. The molecule has 0 saturated heterocycles. The highest BCUT2D eigenvalue weighted by atomic mass is 28.4. The summed E-state index contributed by atoms with van der Waals surface area (Å²) in [7, 11) is -0.0253. The van der Waals surface area contributed by atoms with Crippen molar-refractivity contribution in [2.24, 2.45) is 5.92 Å². The third-order valence-electron chi connectivity index (χ3n) is 7.89. The van der Waals surface area contributed by atoms with E-state index >= 15 is 0 Å². The van der Waals surface area contributed by atoms with Crippen molar-refractivity contribution in [2.75, 3.05) is 7.11 Å². The van der Waals surface area contributed by atoms with Gasteiger partial charge in [-0.05, 0) is 67.8 Å². The first-order valence-corrected chi connectivity index (χ1v) is 14.6. The number of aliphatic hydroxyl groups excluding tert-OH is 1. The number of aliphatic hydroxyl groups is 1. The lowest BCUT2D eigenvalue weighted by Crippen LogP contribution is -2.45. The molecule has 6 heteroatoms. The van der Waals surface area contributed by atoms with Crippen LogP contribution in [0.15, 0.2) is 30.7 Å². The van der Waals surface area contributed by atoms with Crippen LogP contribution in [0.3, 0.4) is 0 Å². The number of fused-ring (bicyclic) bond motifs is 3. The zero-order valence-electron chi connectivity index (χ0n) is 19.9. The Labute approximate surface area is 187 Å². The number of benzene rings is 1. The minimum Gasteiger partial charge on any atom is -0.496 e. The van der Waals surface area contributed by atoms with Crippen LogP contribution in [0.1, 0.15) is 64.5 Å². The van der Waals surface area contributed by atoms with Crippen molar-refractivity contribution in [3.63, 3.8) is 0 Å². The van der Waals surface area contributed by atoms with Crippen LogP contribution in [0, 0.1) is 5.92 Å². The Morgan fingerprint density at radius 3 is 2.55 bits per heavy atom. The Kier molecular flexibility index (Phi) is 6.09. The van der Waals surface area contributed by atoms with Gasteiger partial charge in [0.05, 0.1) is 37.5 Å². The van der Waals surface area contributed by atoms with Crippen LogP contribution in [-0.2, 0) is 4.43 Å². The third kappa shape index (κ3) is 4.22. The van der Waals surface area contributed by atoms with Gasteiger partial charge in [0.2, 0.25) is 0 Å². The molecule has 31 heavy (non-hydrogen) atoms. The maximum Gasteiger partial charge on any atom is 0.192 e. The monoisotopic (exact) mass is 442 g/mol. The van der Waals surface area contributed by atoms with Crippen LogP contribution in [0.25, 0.3) is 11.3 Å². The molecular formula is C25H38N2O3Si. The van der Waals surface area contributed by atoms with Crippen molar-refractivity contribution < 1.29 is 14.3 Å². The minimum absolute atomic E-state index is 0.110. The summed E-state index contributed by atoms with van der Waals surface area (Å²) < 4.78 is 14.5. The molecule has 2 atom stereocenters. The molecule has 2 unspecified atom stereocenters. The second kappa shape index (κ2) is 8.37. The molecule has 170 valence electrons. The van der Waals surface area contributed by atoms with E-state index in [1.54, 1.807) is 7.11 Å². The van der Waals surface area contributed by atoms with E-state index in [0.717, 1.165) is 42.7 Å². The Balaban J connectivity index is 1.41. The molecule has 1 aliphatic heterocycles. The lowest BCUT2D eigenvalue weighted by molar-refractivity contribution is 0.0364. The zero-order valence-corrected chi connectivity index (χ0v) is 20.9. The number of ether oxygens (including phenoxy) is 1. The molecule has 1 aliphatic carbocycles. The second-order valence-corrected chi connectivity index (χ2v) is 15.6. The van der Waals surface area contributed by atoms with E-state index in [2.05, 4.69) is 49.5 Å². The molecule has 5 nitrogen and oxygen atoms in total. The van der Waals surface area contributed by atoms with Gasteiger partial charge in [0.1, 0.15) is 5.75 Å². The van der Waals surface area contributed by atoms with Gasteiger partial charge in [-0.3, -0.25) is 0 Å². The predicted molar refractivity (Wildman–Crippen MR) is 127 cm³/mol. The van der Waals surface area contributed by atoms with E-state index in [4.69, 9.17) is 9.16 Å². The molecule has 2 aromatic rings. The summed E-state index contributed by atoms with van der Waals surface area (Å²) in [4.78, 5) is 4.36. The first-order valence-electron chi connectivity index (χ1n) is 11.7. The highest BCUT2D eigenvalue weighted by molar-refractivity contribution is 6.74. The molecule has 0 bridgehead atoms. The maximum atomic E-state index is 11.2. The average Bonchev–Trinajstić information content (AvgIpc) is 3.29. The van der Waals surface area contributed by atoms with Gasteiger partial charge >= 0.3 is 0 Å². The molecule has 1 saturated carbocycles. The van der Waals surface area contributed by atoms with Crippen LogP contribution < -0.4 is 4.74 Å². The summed E-state index contributed by atoms with van der Waals surface area (Å²) in [6.45, 7) is 11.6. The fourth-order valence-corrected chi connectivity index (χ4v) is 6.44. The lowest BCUT2D eigenvalue weighted by Gasteiger charge is -2.42. The van der Waals surface area contributed by atoms with Crippen LogP contribution >= 0.6 is 0 Å². The Hall–Kier alpha value is -1.63. The van der Waals surface area contributed by atoms with Gasteiger partial charge in [0.25, 0.3) is 0 Å². The number of hydrogen-bond acceptors (Lipinski definition) is 4. The van der Waals surface area contributed by atoms with E-state index in [1.807, 2.05) is 24.7 Å². The van der Waals surface area contributed by atoms with Gasteiger partial charge in [-0.25, -0.2) is 4.98 Å². The normalized spacial score (nSPS) is 24.5. The van der Waals surface area contributed by atoms with Gasteiger partial charge in [0.15, 0.2) is 8.32 Å². The summed E-state index contributed by atoms with van der Waals surface area (Å²) in [6.07, 6.45) is 8.70. The largest absolute Gasteiger partial charge is 0.496 e. The van der Waals surface area contributed by atoms with Crippen molar-refractivity contribution >= 4 is 8.32 Å². The maximum absolute atomic E-state index is 11.2. The van der Waals surface area contributed by atoms with Crippen molar-refractivity contribution in [1.82, 2.24) is 9.55 Å². The van der Waals surface area contributed by atoms with Crippen LogP contribution in [0.4, 0.5) is 0 Å². The summed E-state index contributed by atoms with van der Waals surface area (Å²) >= 11 is 0. The summed E-state index contributed by atoms with van der Waals surface area (Å²) in [5.41, 5.74) is 3.42. The molecule has 1 aromatic heterocycles. The molecule has 0 radical (unpaired) electrons. The van der Waals surface area contributed by atoms with E-state index in [9.17, 15) is 5.11 Å². The van der Waals surface area contributed by atoms with Gasteiger partial charge in [-0.2, -0.15) is 0 Å². The first-order chi connectivity index (χ1) is 14.6. The summed E-state index contributed by atoms with van der Waals surface area (Å²) in [5, 5.41) is 11.4. The van der Waals surface area contributed by atoms with Crippen LogP contribution in [-0.4, -0.2) is 42.3 Å².